The van der Waals surface area contributed by atoms with Gasteiger partial charge in [-0.2, -0.15) is 0 Å². The molecule has 0 nitrogen and oxygen atoms in total. The number of aryl methyl sites for hydroxylation is 1. The molecule has 0 bridgehead atoms. The number of rotatable bonds is 1. The minimum absolute atomic E-state index is 0.394. The normalized spacial score (nSPS) is 16.9. The Morgan fingerprint density at radius 2 is 1.79 bits per heavy atom. The van der Waals surface area contributed by atoms with Crippen molar-refractivity contribution in [1.29, 1.82) is 0 Å². The molecule has 0 unspecified atom stereocenters. The SMILES string of the molecule is CC.Cc1ccc(C2(C)CC2)c(Cl)c1. The maximum Gasteiger partial charge on any atom is 0.0446 e. The van der Waals surface area contributed by atoms with Gasteiger partial charge in [-0.25, -0.2) is 0 Å². The van der Waals surface area contributed by atoms with Crippen molar-refractivity contribution in [1.82, 2.24) is 0 Å². The van der Waals surface area contributed by atoms with Gasteiger partial charge in [0, 0.05) is 5.02 Å². The summed E-state index contributed by atoms with van der Waals surface area (Å²) in [6.07, 6.45) is 2.57. The summed E-state index contributed by atoms with van der Waals surface area (Å²) in [5.41, 5.74) is 2.97. The van der Waals surface area contributed by atoms with Gasteiger partial charge in [0.15, 0.2) is 0 Å². The fourth-order valence-electron chi connectivity index (χ4n) is 1.57. The molecule has 78 valence electrons. The van der Waals surface area contributed by atoms with E-state index in [1.165, 1.54) is 24.0 Å². The van der Waals surface area contributed by atoms with E-state index in [2.05, 4.69) is 32.0 Å². The Balaban J connectivity index is 0.000000461. The van der Waals surface area contributed by atoms with Crippen LogP contribution in [0.2, 0.25) is 5.02 Å². The summed E-state index contributed by atoms with van der Waals surface area (Å²) in [5.74, 6) is 0. The predicted octanol–water partition coefficient (Wildman–Crippen LogP) is 4.73. The van der Waals surface area contributed by atoms with Crippen molar-refractivity contribution in [3.63, 3.8) is 0 Å². The van der Waals surface area contributed by atoms with E-state index in [4.69, 9.17) is 11.6 Å². The highest BCUT2D eigenvalue weighted by Gasteiger charge is 2.40. The van der Waals surface area contributed by atoms with Crippen molar-refractivity contribution < 1.29 is 0 Å². The molecule has 0 heterocycles. The summed E-state index contributed by atoms with van der Waals surface area (Å²) in [4.78, 5) is 0. The van der Waals surface area contributed by atoms with Gasteiger partial charge in [-0.15, -0.1) is 0 Å². The molecule has 1 aromatic rings. The topological polar surface area (TPSA) is 0 Å². The van der Waals surface area contributed by atoms with Crippen LogP contribution < -0.4 is 0 Å². The maximum absolute atomic E-state index is 6.15. The van der Waals surface area contributed by atoms with Gasteiger partial charge in [0.25, 0.3) is 0 Å². The van der Waals surface area contributed by atoms with Crippen LogP contribution in [0.25, 0.3) is 0 Å². The summed E-state index contributed by atoms with van der Waals surface area (Å²) >= 11 is 6.15. The van der Waals surface area contributed by atoms with E-state index in [1.807, 2.05) is 13.8 Å². The van der Waals surface area contributed by atoms with Crippen molar-refractivity contribution in [2.75, 3.05) is 0 Å². The van der Waals surface area contributed by atoms with Crippen LogP contribution in [-0.2, 0) is 5.41 Å². The maximum atomic E-state index is 6.15. The van der Waals surface area contributed by atoms with Crippen molar-refractivity contribution in [2.45, 2.75) is 46.0 Å². The van der Waals surface area contributed by atoms with Crippen LogP contribution in [0, 0.1) is 6.92 Å². The van der Waals surface area contributed by atoms with Crippen molar-refractivity contribution in [3.05, 3.63) is 34.3 Å². The first-order valence-electron chi connectivity index (χ1n) is 5.38. The van der Waals surface area contributed by atoms with Gasteiger partial charge in [-0.05, 0) is 42.4 Å². The summed E-state index contributed by atoms with van der Waals surface area (Å²) < 4.78 is 0. The van der Waals surface area contributed by atoms with Gasteiger partial charge in [0.05, 0.1) is 0 Å². The quantitative estimate of drug-likeness (QED) is 0.629. The number of hydrogen-bond acceptors (Lipinski definition) is 0. The molecular formula is C13H19Cl. The van der Waals surface area contributed by atoms with Crippen molar-refractivity contribution in [3.8, 4) is 0 Å². The fraction of sp³-hybridized carbons (Fsp3) is 0.538. The Morgan fingerprint density at radius 3 is 2.21 bits per heavy atom. The Morgan fingerprint density at radius 1 is 1.21 bits per heavy atom. The second-order valence-corrected chi connectivity index (χ2v) is 4.45. The minimum Gasteiger partial charge on any atom is -0.0840 e. The Labute approximate surface area is 92.3 Å². The van der Waals surface area contributed by atoms with E-state index >= 15 is 0 Å². The van der Waals surface area contributed by atoms with Crippen LogP contribution in [-0.4, -0.2) is 0 Å². The van der Waals surface area contributed by atoms with E-state index < -0.39 is 0 Å². The summed E-state index contributed by atoms with van der Waals surface area (Å²) in [6.45, 7) is 8.36. The zero-order chi connectivity index (χ0) is 10.8. The molecule has 1 fully saturated rings. The zero-order valence-electron chi connectivity index (χ0n) is 9.52. The Kier molecular flexibility index (Phi) is 3.60. The molecule has 1 aromatic carbocycles. The highest BCUT2D eigenvalue weighted by Crippen LogP contribution is 2.49. The standard InChI is InChI=1S/C11H13Cl.C2H6/c1-8-3-4-9(10(12)7-8)11(2)5-6-11;1-2/h3-4,7H,5-6H2,1-2H3;1-2H3. The molecular weight excluding hydrogens is 192 g/mol. The molecule has 0 aliphatic heterocycles. The minimum atomic E-state index is 0.394. The molecule has 0 spiro atoms. The third-order valence-corrected chi connectivity index (χ3v) is 3.09. The van der Waals surface area contributed by atoms with Crippen LogP contribution in [0.15, 0.2) is 18.2 Å². The van der Waals surface area contributed by atoms with Gasteiger partial charge in [-0.3, -0.25) is 0 Å². The first-order valence-corrected chi connectivity index (χ1v) is 5.76. The van der Waals surface area contributed by atoms with Crippen LogP contribution in [0.5, 0.6) is 0 Å². The second kappa shape index (κ2) is 4.35. The molecule has 2 rings (SSSR count). The van der Waals surface area contributed by atoms with Gasteiger partial charge in [0.2, 0.25) is 0 Å². The third kappa shape index (κ3) is 2.30. The van der Waals surface area contributed by atoms with Crippen LogP contribution in [0.3, 0.4) is 0 Å². The predicted molar refractivity (Wildman–Crippen MR) is 64.1 cm³/mol. The monoisotopic (exact) mass is 210 g/mol. The first kappa shape index (κ1) is 11.6. The number of halogens is 1. The molecule has 14 heavy (non-hydrogen) atoms. The smallest absolute Gasteiger partial charge is 0.0446 e. The lowest BCUT2D eigenvalue weighted by Crippen LogP contribution is -2.00. The molecule has 0 atom stereocenters. The highest BCUT2D eigenvalue weighted by atomic mass is 35.5. The van der Waals surface area contributed by atoms with Gasteiger partial charge < -0.3 is 0 Å². The second-order valence-electron chi connectivity index (χ2n) is 4.04. The van der Waals surface area contributed by atoms with Crippen molar-refractivity contribution >= 4 is 11.6 Å². The summed E-state index contributed by atoms with van der Waals surface area (Å²) in [5, 5.41) is 0.940. The first-order chi connectivity index (χ1) is 6.62. The number of hydrogen-bond donors (Lipinski definition) is 0. The number of benzene rings is 1. The zero-order valence-corrected chi connectivity index (χ0v) is 10.3. The lowest BCUT2D eigenvalue weighted by Gasteiger charge is -2.11. The van der Waals surface area contributed by atoms with Crippen LogP contribution in [0.1, 0.15) is 44.7 Å². The molecule has 0 radical (unpaired) electrons. The van der Waals surface area contributed by atoms with Crippen LogP contribution >= 0.6 is 11.6 Å². The third-order valence-electron chi connectivity index (χ3n) is 2.77. The lowest BCUT2D eigenvalue weighted by molar-refractivity contribution is 0.788. The molecule has 0 N–H and O–H groups in total. The molecule has 1 aliphatic carbocycles. The lowest BCUT2D eigenvalue weighted by atomic mass is 9.97. The van der Waals surface area contributed by atoms with Gasteiger partial charge >= 0.3 is 0 Å². The molecule has 0 amide bonds. The van der Waals surface area contributed by atoms with E-state index in [9.17, 15) is 0 Å². The van der Waals surface area contributed by atoms with Crippen molar-refractivity contribution in [2.24, 2.45) is 0 Å². The summed E-state index contributed by atoms with van der Waals surface area (Å²) in [7, 11) is 0. The van der Waals surface area contributed by atoms with E-state index in [1.54, 1.807) is 0 Å². The molecule has 0 aromatic heterocycles. The summed E-state index contributed by atoms with van der Waals surface area (Å²) in [6, 6.07) is 6.37. The average molecular weight is 211 g/mol. The highest BCUT2D eigenvalue weighted by molar-refractivity contribution is 6.31. The van der Waals surface area contributed by atoms with Gasteiger partial charge in [0.1, 0.15) is 0 Å². The van der Waals surface area contributed by atoms with E-state index in [0.29, 0.717) is 5.41 Å². The average Bonchev–Trinajstić information content (AvgIpc) is 2.87. The fourth-order valence-corrected chi connectivity index (χ4v) is 2.03. The largest absolute Gasteiger partial charge is 0.0840 e. The van der Waals surface area contributed by atoms with E-state index in [0.717, 1.165) is 5.02 Å². The molecule has 1 heteroatoms. The molecule has 0 saturated heterocycles. The molecule has 1 saturated carbocycles. The van der Waals surface area contributed by atoms with Gasteiger partial charge in [-0.1, -0.05) is 44.5 Å². The van der Waals surface area contributed by atoms with Crippen LogP contribution in [0.4, 0.5) is 0 Å². The Hall–Kier alpha value is -0.490. The van der Waals surface area contributed by atoms with E-state index in [-0.39, 0.29) is 0 Å². The molecule has 1 aliphatic rings. The Bertz CT molecular complexity index is 311.